The minimum absolute atomic E-state index is 0.265. The molecular weight excluding hydrogens is 164 g/mol. The quantitative estimate of drug-likeness (QED) is 0.652. The van der Waals surface area contributed by atoms with Gasteiger partial charge in [-0.25, -0.2) is 0 Å². The molecule has 0 amide bonds. The summed E-state index contributed by atoms with van der Waals surface area (Å²) in [5.41, 5.74) is -0.699. The molecule has 2 atom stereocenters. The van der Waals surface area contributed by atoms with E-state index in [1.165, 1.54) is 12.8 Å². The van der Waals surface area contributed by atoms with E-state index in [4.69, 9.17) is 5.26 Å². The lowest BCUT2D eigenvalue weighted by Crippen LogP contribution is -2.46. The summed E-state index contributed by atoms with van der Waals surface area (Å²) in [5, 5.41) is 18.9. The van der Waals surface area contributed by atoms with Crippen molar-refractivity contribution in [1.82, 2.24) is 4.90 Å². The molecule has 0 bridgehead atoms. The van der Waals surface area contributed by atoms with Gasteiger partial charge in [-0.15, -0.1) is 0 Å². The highest BCUT2D eigenvalue weighted by Gasteiger charge is 2.46. The van der Waals surface area contributed by atoms with Gasteiger partial charge in [-0.3, -0.25) is 4.90 Å². The molecule has 0 aromatic carbocycles. The second kappa shape index (κ2) is 3.28. The zero-order valence-electron chi connectivity index (χ0n) is 7.87. The molecule has 2 saturated heterocycles. The van der Waals surface area contributed by atoms with E-state index in [2.05, 4.69) is 11.0 Å². The van der Waals surface area contributed by atoms with Crippen molar-refractivity contribution in [2.45, 2.75) is 43.7 Å². The van der Waals surface area contributed by atoms with Crippen molar-refractivity contribution in [1.29, 1.82) is 5.26 Å². The van der Waals surface area contributed by atoms with Gasteiger partial charge >= 0.3 is 0 Å². The summed E-state index contributed by atoms with van der Waals surface area (Å²) in [5.74, 6) is 0. The van der Waals surface area contributed by atoms with Crippen molar-refractivity contribution < 1.29 is 5.11 Å². The summed E-state index contributed by atoms with van der Waals surface area (Å²) in [6, 6.07) is 2.37. The lowest BCUT2D eigenvalue weighted by atomic mass is 9.87. The largest absolute Gasteiger partial charge is 0.387 e. The first-order chi connectivity index (χ1) is 6.26. The van der Waals surface area contributed by atoms with E-state index < -0.39 is 5.60 Å². The molecule has 2 rings (SSSR count). The van der Waals surface area contributed by atoms with E-state index >= 15 is 0 Å². The fourth-order valence-corrected chi connectivity index (χ4v) is 2.71. The van der Waals surface area contributed by atoms with Gasteiger partial charge in [0.05, 0.1) is 18.1 Å². The molecule has 0 spiro atoms. The van der Waals surface area contributed by atoms with Crippen LogP contribution in [0.5, 0.6) is 0 Å². The highest BCUT2D eigenvalue weighted by atomic mass is 16.3. The van der Waals surface area contributed by atoms with Gasteiger partial charge in [0.15, 0.2) is 0 Å². The molecule has 2 aliphatic rings. The summed E-state index contributed by atoms with van der Waals surface area (Å²) < 4.78 is 0. The summed E-state index contributed by atoms with van der Waals surface area (Å²) >= 11 is 0. The SMILES string of the molecule is N#CCC1(O)CCN2CCCCC21. The predicted molar refractivity (Wildman–Crippen MR) is 49.0 cm³/mol. The Hall–Kier alpha value is -0.590. The Kier molecular flexibility index (Phi) is 2.27. The number of hydrogen-bond donors (Lipinski definition) is 1. The Balaban J connectivity index is 2.10. The molecule has 13 heavy (non-hydrogen) atoms. The molecule has 3 heteroatoms. The molecule has 2 aliphatic heterocycles. The van der Waals surface area contributed by atoms with Crippen LogP contribution in [0.25, 0.3) is 0 Å². The Labute approximate surface area is 79.0 Å². The van der Waals surface area contributed by atoms with Gasteiger partial charge in [0.25, 0.3) is 0 Å². The van der Waals surface area contributed by atoms with Gasteiger partial charge < -0.3 is 5.11 Å². The normalized spacial score (nSPS) is 39.8. The molecule has 0 aromatic rings. The second-order valence-corrected chi connectivity index (χ2v) is 4.24. The summed E-state index contributed by atoms with van der Waals surface area (Å²) in [6.07, 6.45) is 4.60. The number of piperidine rings is 1. The standard InChI is InChI=1S/C10H16N2O/c11-6-4-10(13)5-8-12-7-2-1-3-9(10)12/h9,13H,1-5,7-8H2. The molecule has 0 aromatic heterocycles. The fourth-order valence-electron chi connectivity index (χ4n) is 2.71. The van der Waals surface area contributed by atoms with Crippen molar-refractivity contribution in [2.75, 3.05) is 13.1 Å². The lowest BCUT2D eigenvalue weighted by molar-refractivity contribution is -0.00535. The first-order valence-electron chi connectivity index (χ1n) is 5.10. The topological polar surface area (TPSA) is 47.3 Å². The Morgan fingerprint density at radius 1 is 1.46 bits per heavy atom. The van der Waals surface area contributed by atoms with Crippen LogP contribution in [0.15, 0.2) is 0 Å². The summed E-state index contributed by atoms with van der Waals surface area (Å²) in [7, 11) is 0. The van der Waals surface area contributed by atoms with Crippen LogP contribution in [0.3, 0.4) is 0 Å². The lowest BCUT2D eigenvalue weighted by Gasteiger charge is -2.36. The number of aliphatic hydroxyl groups is 1. The van der Waals surface area contributed by atoms with Crippen molar-refractivity contribution in [3.63, 3.8) is 0 Å². The Morgan fingerprint density at radius 3 is 3.08 bits per heavy atom. The van der Waals surface area contributed by atoms with Crippen LogP contribution in [0.2, 0.25) is 0 Å². The Morgan fingerprint density at radius 2 is 2.31 bits per heavy atom. The van der Waals surface area contributed by atoms with Crippen LogP contribution < -0.4 is 0 Å². The molecule has 2 fully saturated rings. The van der Waals surface area contributed by atoms with Crippen molar-refractivity contribution in [3.8, 4) is 6.07 Å². The number of hydrogen-bond acceptors (Lipinski definition) is 3. The maximum absolute atomic E-state index is 10.2. The highest BCUT2D eigenvalue weighted by molar-refractivity contribution is 5.04. The molecule has 0 radical (unpaired) electrons. The van der Waals surface area contributed by atoms with Crippen LogP contribution in [0.1, 0.15) is 32.1 Å². The zero-order chi connectivity index (χ0) is 9.31. The summed E-state index contributed by atoms with van der Waals surface area (Å²) in [4.78, 5) is 2.35. The van der Waals surface area contributed by atoms with Crippen LogP contribution in [0, 0.1) is 11.3 Å². The molecule has 0 aliphatic carbocycles. The zero-order valence-corrected chi connectivity index (χ0v) is 7.87. The molecular formula is C10H16N2O. The molecule has 1 N–H and O–H groups in total. The second-order valence-electron chi connectivity index (χ2n) is 4.24. The predicted octanol–water partition coefficient (Wildman–Crippen LogP) is 0.889. The average Bonchev–Trinajstić information content (AvgIpc) is 2.46. The van der Waals surface area contributed by atoms with Gasteiger partial charge in [0.2, 0.25) is 0 Å². The number of fused-ring (bicyclic) bond motifs is 1. The van der Waals surface area contributed by atoms with E-state index in [0.29, 0.717) is 6.42 Å². The third kappa shape index (κ3) is 1.45. The van der Waals surface area contributed by atoms with E-state index in [1.807, 2.05) is 0 Å². The first-order valence-corrected chi connectivity index (χ1v) is 5.10. The molecule has 2 heterocycles. The first kappa shape index (κ1) is 8.98. The smallest absolute Gasteiger partial charge is 0.0943 e. The summed E-state index contributed by atoms with van der Waals surface area (Å²) in [6.45, 7) is 2.08. The Bertz CT molecular complexity index is 236. The average molecular weight is 180 g/mol. The number of nitrogens with zero attached hydrogens (tertiary/aromatic N) is 2. The van der Waals surface area contributed by atoms with Crippen LogP contribution in [0.4, 0.5) is 0 Å². The van der Waals surface area contributed by atoms with Crippen molar-refractivity contribution >= 4 is 0 Å². The third-order valence-corrected chi connectivity index (χ3v) is 3.45. The minimum Gasteiger partial charge on any atom is -0.387 e. The van der Waals surface area contributed by atoms with Gasteiger partial charge in [-0.2, -0.15) is 5.26 Å². The number of nitriles is 1. The van der Waals surface area contributed by atoms with Crippen molar-refractivity contribution in [3.05, 3.63) is 0 Å². The molecule has 2 unspecified atom stereocenters. The van der Waals surface area contributed by atoms with Gasteiger partial charge in [0, 0.05) is 12.6 Å². The van der Waals surface area contributed by atoms with E-state index in [1.54, 1.807) is 0 Å². The van der Waals surface area contributed by atoms with Crippen LogP contribution in [-0.4, -0.2) is 34.7 Å². The van der Waals surface area contributed by atoms with E-state index in [-0.39, 0.29) is 6.04 Å². The maximum atomic E-state index is 10.2. The number of rotatable bonds is 1. The van der Waals surface area contributed by atoms with Gasteiger partial charge in [-0.1, -0.05) is 6.42 Å². The molecule has 0 saturated carbocycles. The van der Waals surface area contributed by atoms with Gasteiger partial charge in [-0.05, 0) is 25.8 Å². The van der Waals surface area contributed by atoms with Crippen LogP contribution >= 0.6 is 0 Å². The highest BCUT2D eigenvalue weighted by Crippen LogP contribution is 2.36. The molecule has 3 nitrogen and oxygen atoms in total. The minimum atomic E-state index is -0.699. The van der Waals surface area contributed by atoms with E-state index in [9.17, 15) is 5.11 Å². The molecule has 72 valence electrons. The fraction of sp³-hybridized carbons (Fsp3) is 0.900. The van der Waals surface area contributed by atoms with Crippen molar-refractivity contribution in [2.24, 2.45) is 0 Å². The monoisotopic (exact) mass is 180 g/mol. The van der Waals surface area contributed by atoms with E-state index in [0.717, 1.165) is 25.9 Å². The third-order valence-electron chi connectivity index (χ3n) is 3.45. The van der Waals surface area contributed by atoms with Gasteiger partial charge in [0.1, 0.15) is 0 Å². The maximum Gasteiger partial charge on any atom is 0.0943 e. The van der Waals surface area contributed by atoms with Crippen LogP contribution in [-0.2, 0) is 0 Å².